The van der Waals surface area contributed by atoms with Crippen molar-refractivity contribution in [3.05, 3.63) is 29.8 Å². The number of carbonyl (C=O) groups excluding carboxylic acids is 1. The number of benzene rings is 1. The van der Waals surface area contributed by atoms with Crippen LogP contribution in [0.4, 0.5) is 5.69 Å². The van der Waals surface area contributed by atoms with E-state index in [0.29, 0.717) is 5.56 Å². The number of rotatable bonds is 5. The van der Waals surface area contributed by atoms with Crippen LogP contribution in [0.2, 0.25) is 0 Å². The number of hydrogen-bond acceptors (Lipinski definition) is 4. The predicted octanol–water partition coefficient (Wildman–Crippen LogP) is 1.10. The Balaban J connectivity index is 2.62. The fraction of sp³-hybridized carbons (Fsp3) is 0.364. The van der Waals surface area contributed by atoms with Crippen molar-refractivity contribution in [1.29, 1.82) is 0 Å². The molecule has 0 radical (unpaired) electrons. The Hall–Kier alpha value is -1.55. The molecule has 0 aliphatic heterocycles. The molecule has 0 aromatic heterocycles. The zero-order valence-electron chi connectivity index (χ0n) is 9.04. The molecule has 1 aromatic rings. The van der Waals surface area contributed by atoms with Gasteiger partial charge in [0.1, 0.15) is 0 Å². The zero-order chi connectivity index (χ0) is 11.1. The molecule has 0 heterocycles. The van der Waals surface area contributed by atoms with E-state index in [1.54, 1.807) is 12.1 Å². The quantitative estimate of drug-likeness (QED) is 0.562. The molecule has 1 rings (SSSR count). The first-order valence-electron chi connectivity index (χ1n) is 4.84. The van der Waals surface area contributed by atoms with E-state index in [9.17, 15) is 4.79 Å². The van der Waals surface area contributed by atoms with Crippen molar-refractivity contribution in [1.82, 2.24) is 5.32 Å². The normalized spacial score (nSPS) is 9.73. The molecule has 0 saturated heterocycles. The number of nitrogens with one attached hydrogen (secondary N) is 2. The van der Waals surface area contributed by atoms with Crippen LogP contribution in [0.15, 0.2) is 24.3 Å². The van der Waals surface area contributed by atoms with Crippen LogP contribution in [0.5, 0.6) is 0 Å². The first-order valence-corrected chi connectivity index (χ1v) is 4.84. The maximum atomic E-state index is 11.2. The minimum Gasteiger partial charge on any atom is -0.465 e. The molecule has 15 heavy (non-hydrogen) atoms. The molecule has 0 amide bonds. The van der Waals surface area contributed by atoms with Crippen LogP contribution in [0.25, 0.3) is 0 Å². The number of anilines is 1. The van der Waals surface area contributed by atoms with E-state index in [-0.39, 0.29) is 5.97 Å². The second-order valence-electron chi connectivity index (χ2n) is 3.10. The third-order valence-corrected chi connectivity index (χ3v) is 1.99. The van der Waals surface area contributed by atoms with Gasteiger partial charge in [-0.2, -0.15) is 0 Å². The number of methoxy groups -OCH3 is 1. The van der Waals surface area contributed by atoms with Gasteiger partial charge in [-0.25, -0.2) is 4.79 Å². The number of hydrogen-bond donors (Lipinski definition) is 2. The summed E-state index contributed by atoms with van der Waals surface area (Å²) in [5.41, 5.74) is 1.49. The first-order chi connectivity index (χ1) is 7.27. The molecule has 0 aliphatic carbocycles. The number of carbonyl (C=O) groups is 1. The summed E-state index contributed by atoms with van der Waals surface area (Å²) >= 11 is 0. The molecule has 2 N–H and O–H groups in total. The van der Waals surface area contributed by atoms with Gasteiger partial charge in [0, 0.05) is 18.8 Å². The first kappa shape index (κ1) is 11.5. The van der Waals surface area contributed by atoms with Gasteiger partial charge in [0.15, 0.2) is 0 Å². The van der Waals surface area contributed by atoms with Crippen LogP contribution in [0.1, 0.15) is 10.4 Å². The summed E-state index contributed by atoms with van der Waals surface area (Å²) in [5, 5.41) is 6.23. The van der Waals surface area contributed by atoms with Gasteiger partial charge in [0.05, 0.1) is 12.7 Å². The van der Waals surface area contributed by atoms with Gasteiger partial charge in [-0.15, -0.1) is 0 Å². The minimum atomic E-state index is -0.313. The summed E-state index contributed by atoms with van der Waals surface area (Å²) in [6.07, 6.45) is 0. The molecule has 0 bridgehead atoms. The Bertz CT molecular complexity index is 326. The summed E-state index contributed by atoms with van der Waals surface area (Å²) in [5.74, 6) is -0.313. The average molecular weight is 208 g/mol. The second kappa shape index (κ2) is 6.03. The fourth-order valence-electron chi connectivity index (χ4n) is 1.21. The van der Waals surface area contributed by atoms with E-state index in [2.05, 4.69) is 15.4 Å². The van der Waals surface area contributed by atoms with Crippen molar-refractivity contribution in [3.8, 4) is 0 Å². The summed E-state index contributed by atoms with van der Waals surface area (Å²) in [6, 6.07) is 7.26. The van der Waals surface area contributed by atoms with Crippen LogP contribution in [-0.4, -0.2) is 33.2 Å². The van der Waals surface area contributed by atoms with Crippen molar-refractivity contribution < 1.29 is 9.53 Å². The van der Waals surface area contributed by atoms with Crippen molar-refractivity contribution >= 4 is 11.7 Å². The van der Waals surface area contributed by atoms with Gasteiger partial charge in [0.2, 0.25) is 0 Å². The largest absolute Gasteiger partial charge is 0.465 e. The molecule has 0 spiro atoms. The Morgan fingerprint density at radius 1 is 1.40 bits per heavy atom. The smallest absolute Gasteiger partial charge is 0.337 e. The van der Waals surface area contributed by atoms with Crippen molar-refractivity contribution in [2.45, 2.75) is 0 Å². The Morgan fingerprint density at radius 2 is 2.20 bits per heavy atom. The number of ether oxygens (including phenoxy) is 1. The van der Waals surface area contributed by atoms with Crippen molar-refractivity contribution in [3.63, 3.8) is 0 Å². The average Bonchev–Trinajstić information content (AvgIpc) is 2.29. The van der Waals surface area contributed by atoms with Crippen LogP contribution in [0.3, 0.4) is 0 Å². The SMILES string of the molecule is CNCCNc1cccc(C(=O)OC)c1. The maximum Gasteiger partial charge on any atom is 0.337 e. The molecule has 4 nitrogen and oxygen atoms in total. The lowest BCUT2D eigenvalue weighted by atomic mass is 10.2. The third-order valence-electron chi connectivity index (χ3n) is 1.99. The van der Waals surface area contributed by atoms with E-state index in [4.69, 9.17) is 0 Å². The molecular formula is C11H16N2O2. The molecule has 1 aromatic carbocycles. The topological polar surface area (TPSA) is 50.4 Å². The fourth-order valence-corrected chi connectivity index (χ4v) is 1.21. The van der Waals surface area contributed by atoms with Crippen LogP contribution < -0.4 is 10.6 Å². The molecule has 82 valence electrons. The number of esters is 1. The van der Waals surface area contributed by atoms with Gasteiger partial charge < -0.3 is 15.4 Å². The van der Waals surface area contributed by atoms with E-state index >= 15 is 0 Å². The van der Waals surface area contributed by atoms with Gasteiger partial charge in [-0.05, 0) is 25.2 Å². The molecule has 0 saturated carbocycles. The van der Waals surface area contributed by atoms with Crippen molar-refractivity contribution in [2.75, 3.05) is 32.6 Å². The van der Waals surface area contributed by atoms with Crippen molar-refractivity contribution in [2.24, 2.45) is 0 Å². The van der Waals surface area contributed by atoms with Crippen LogP contribution in [-0.2, 0) is 4.74 Å². The Kier molecular flexibility index (Phi) is 4.63. The van der Waals surface area contributed by atoms with Crippen LogP contribution >= 0.6 is 0 Å². The van der Waals surface area contributed by atoms with E-state index in [1.165, 1.54) is 7.11 Å². The number of likely N-dealkylation sites (N-methyl/N-ethyl adjacent to an activating group) is 1. The van der Waals surface area contributed by atoms with Gasteiger partial charge in [0.25, 0.3) is 0 Å². The summed E-state index contributed by atoms with van der Waals surface area (Å²) in [6.45, 7) is 1.70. The minimum absolute atomic E-state index is 0.313. The van der Waals surface area contributed by atoms with E-state index in [0.717, 1.165) is 18.8 Å². The van der Waals surface area contributed by atoms with Crippen LogP contribution in [0, 0.1) is 0 Å². The van der Waals surface area contributed by atoms with Gasteiger partial charge >= 0.3 is 5.97 Å². The van der Waals surface area contributed by atoms with E-state index in [1.807, 2.05) is 19.2 Å². The molecular weight excluding hydrogens is 192 g/mol. The Morgan fingerprint density at radius 3 is 2.87 bits per heavy atom. The lowest BCUT2D eigenvalue weighted by Gasteiger charge is -2.07. The lowest BCUT2D eigenvalue weighted by molar-refractivity contribution is 0.0601. The lowest BCUT2D eigenvalue weighted by Crippen LogP contribution is -2.17. The highest BCUT2D eigenvalue weighted by Gasteiger charge is 2.04. The summed E-state index contributed by atoms with van der Waals surface area (Å²) in [4.78, 5) is 11.2. The van der Waals surface area contributed by atoms with Gasteiger partial charge in [-0.1, -0.05) is 6.07 Å². The Labute approximate surface area is 89.6 Å². The molecule has 0 aliphatic rings. The summed E-state index contributed by atoms with van der Waals surface area (Å²) < 4.78 is 4.64. The van der Waals surface area contributed by atoms with E-state index < -0.39 is 0 Å². The highest BCUT2D eigenvalue weighted by Crippen LogP contribution is 2.10. The molecule has 4 heteroatoms. The molecule has 0 unspecified atom stereocenters. The maximum absolute atomic E-state index is 11.2. The predicted molar refractivity (Wildman–Crippen MR) is 60.2 cm³/mol. The second-order valence-corrected chi connectivity index (χ2v) is 3.10. The molecule has 0 atom stereocenters. The molecule has 0 fully saturated rings. The monoisotopic (exact) mass is 208 g/mol. The standard InChI is InChI=1S/C11H16N2O2/c1-12-6-7-13-10-5-3-4-9(8-10)11(14)15-2/h3-5,8,12-13H,6-7H2,1-2H3. The highest BCUT2D eigenvalue weighted by atomic mass is 16.5. The van der Waals surface area contributed by atoms with Gasteiger partial charge in [-0.3, -0.25) is 0 Å². The highest BCUT2D eigenvalue weighted by molar-refractivity contribution is 5.90. The third kappa shape index (κ3) is 3.59. The zero-order valence-corrected chi connectivity index (χ0v) is 9.04. The summed E-state index contributed by atoms with van der Waals surface area (Å²) in [7, 11) is 3.27.